The van der Waals surface area contributed by atoms with Crippen LogP contribution in [0.25, 0.3) is 0 Å². The summed E-state index contributed by atoms with van der Waals surface area (Å²) in [5, 5.41) is 8.74. The average molecular weight is 636 g/mol. The van der Waals surface area contributed by atoms with E-state index in [1.165, 1.54) is 5.69 Å². The van der Waals surface area contributed by atoms with E-state index in [-0.39, 0.29) is 0 Å². The molecule has 0 saturated carbocycles. The SMILES string of the molecule is C=CC(=O)OCCCCOc1ccc(C(=O)Oc2ccc(N=Nc3ccc(NNc4ccc(N(CC)CC)cc4)cc3C)cc2)cc1. The zero-order valence-electron chi connectivity index (χ0n) is 27.1. The van der Waals surface area contributed by atoms with Crippen LogP contribution >= 0.6 is 0 Å². The Morgan fingerprint density at radius 3 is 2.09 bits per heavy atom. The number of esters is 2. The van der Waals surface area contributed by atoms with Crippen LogP contribution in [-0.2, 0) is 9.53 Å². The first-order chi connectivity index (χ1) is 22.9. The standard InChI is InChI=1S/C37H41N5O5/c1-5-36(43)46-25-9-8-24-45-33-19-10-28(11-20-33)37(44)47-34-21-14-30(15-22-34)39-41-35-23-16-31(26-27(35)4)40-38-29-12-17-32(18-13-29)42(6-2)7-3/h5,10-23,26,38,40H,1,6-9,24-25H2,2-4H3. The van der Waals surface area contributed by atoms with Crippen LogP contribution in [0.4, 0.5) is 28.4 Å². The maximum Gasteiger partial charge on any atom is 0.343 e. The average Bonchev–Trinajstić information content (AvgIpc) is 3.10. The van der Waals surface area contributed by atoms with E-state index in [9.17, 15) is 9.59 Å². The Balaban J connectivity index is 1.22. The van der Waals surface area contributed by atoms with E-state index < -0.39 is 11.9 Å². The highest BCUT2D eigenvalue weighted by atomic mass is 16.5. The molecule has 0 bridgehead atoms. The molecule has 0 aliphatic carbocycles. The summed E-state index contributed by atoms with van der Waals surface area (Å²) in [5.41, 5.74) is 12.3. The summed E-state index contributed by atoms with van der Waals surface area (Å²) in [4.78, 5) is 26.0. The number of ether oxygens (including phenoxy) is 3. The van der Waals surface area contributed by atoms with Gasteiger partial charge in [-0.15, -0.1) is 0 Å². The molecule has 0 fully saturated rings. The van der Waals surface area contributed by atoms with Crippen LogP contribution in [0.15, 0.2) is 114 Å². The zero-order chi connectivity index (χ0) is 33.4. The van der Waals surface area contributed by atoms with Crippen molar-refractivity contribution < 1.29 is 23.8 Å². The molecule has 0 spiro atoms. The second-order valence-corrected chi connectivity index (χ2v) is 10.5. The van der Waals surface area contributed by atoms with Gasteiger partial charge < -0.3 is 30.0 Å². The summed E-state index contributed by atoms with van der Waals surface area (Å²) in [7, 11) is 0. The molecule has 0 saturated heterocycles. The van der Waals surface area contributed by atoms with Gasteiger partial charge in [-0.2, -0.15) is 10.2 Å². The van der Waals surface area contributed by atoms with Gasteiger partial charge in [0.15, 0.2) is 0 Å². The number of aryl methyl sites for hydroxylation is 1. The summed E-state index contributed by atoms with van der Waals surface area (Å²) in [6.07, 6.45) is 2.54. The van der Waals surface area contributed by atoms with Crippen molar-refractivity contribution in [2.45, 2.75) is 33.6 Å². The molecule has 47 heavy (non-hydrogen) atoms. The number of azo groups is 1. The molecule has 10 heteroatoms. The number of nitrogens with zero attached hydrogens (tertiary/aromatic N) is 3. The van der Waals surface area contributed by atoms with E-state index in [2.05, 4.69) is 70.7 Å². The van der Waals surface area contributed by atoms with Crippen molar-refractivity contribution in [1.82, 2.24) is 0 Å². The molecule has 0 aliphatic rings. The largest absolute Gasteiger partial charge is 0.494 e. The van der Waals surface area contributed by atoms with E-state index in [1.807, 2.05) is 25.1 Å². The maximum absolute atomic E-state index is 12.6. The lowest BCUT2D eigenvalue weighted by Gasteiger charge is -2.21. The van der Waals surface area contributed by atoms with Crippen LogP contribution < -0.4 is 25.2 Å². The van der Waals surface area contributed by atoms with Crippen molar-refractivity contribution in [2.24, 2.45) is 10.2 Å². The molecule has 2 N–H and O–H groups in total. The first kappa shape index (κ1) is 34.2. The molecule has 4 aromatic carbocycles. The molecule has 244 valence electrons. The molecule has 0 aliphatic heterocycles. The molecule has 0 unspecified atom stereocenters. The summed E-state index contributed by atoms with van der Waals surface area (Å²) >= 11 is 0. The van der Waals surface area contributed by atoms with Crippen LogP contribution in [0.2, 0.25) is 0 Å². The van der Waals surface area contributed by atoms with Gasteiger partial charge in [-0.05, 0) is 130 Å². The number of carbonyl (C=O) groups excluding carboxylic acids is 2. The number of unbranched alkanes of at least 4 members (excludes halogenated alkanes) is 1. The van der Waals surface area contributed by atoms with E-state index >= 15 is 0 Å². The summed E-state index contributed by atoms with van der Waals surface area (Å²) < 4.78 is 16.1. The molecular weight excluding hydrogens is 594 g/mol. The summed E-state index contributed by atoms with van der Waals surface area (Å²) in [6, 6.07) is 27.7. The molecule has 0 atom stereocenters. The number of carbonyl (C=O) groups is 2. The molecule has 0 amide bonds. The predicted molar refractivity (Wildman–Crippen MR) is 186 cm³/mol. The van der Waals surface area contributed by atoms with E-state index in [0.717, 1.165) is 48.2 Å². The third-order valence-corrected chi connectivity index (χ3v) is 7.17. The van der Waals surface area contributed by atoms with Gasteiger partial charge >= 0.3 is 11.9 Å². The van der Waals surface area contributed by atoms with Gasteiger partial charge in [0.1, 0.15) is 11.5 Å². The number of nitrogens with one attached hydrogen (secondary N) is 2. The number of rotatable bonds is 17. The van der Waals surface area contributed by atoms with Gasteiger partial charge in [0, 0.05) is 24.9 Å². The van der Waals surface area contributed by atoms with Crippen LogP contribution in [0, 0.1) is 6.92 Å². The maximum atomic E-state index is 12.6. The van der Waals surface area contributed by atoms with Gasteiger partial charge in [0.05, 0.1) is 41.5 Å². The summed E-state index contributed by atoms with van der Waals surface area (Å²) in [6.45, 7) is 12.4. The number of hydrogen-bond donors (Lipinski definition) is 2. The molecule has 0 aromatic heterocycles. The minimum Gasteiger partial charge on any atom is -0.494 e. The monoisotopic (exact) mass is 635 g/mol. The molecule has 4 rings (SSSR count). The van der Waals surface area contributed by atoms with Gasteiger partial charge in [-0.3, -0.25) is 0 Å². The minimum absolute atomic E-state index is 0.320. The summed E-state index contributed by atoms with van der Waals surface area (Å²) in [5.74, 6) is 0.116. The van der Waals surface area contributed by atoms with Crippen LogP contribution in [0.5, 0.6) is 11.5 Å². The lowest BCUT2D eigenvalue weighted by atomic mass is 10.2. The van der Waals surface area contributed by atoms with Crippen molar-refractivity contribution in [3.63, 3.8) is 0 Å². The Bertz CT molecular complexity index is 1630. The topological polar surface area (TPSA) is 114 Å². The van der Waals surface area contributed by atoms with Crippen molar-refractivity contribution in [3.05, 3.63) is 115 Å². The van der Waals surface area contributed by atoms with Crippen molar-refractivity contribution in [3.8, 4) is 11.5 Å². The number of benzene rings is 4. The van der Waals surface area contributed by atoms with E-state index in [4.69, 9.17) is 14.2 Å². The molecule has 4 aromatic rings. The Labute approximate surface area is 276 Å². The van der Waals surface area contributed by atoms with E-state index in [1.54, 1.807) is 48.5 Å². The first-order valence-corrected chi connectivity index (χ1v) is 15.6. The van der Waals surface area contributed by atoms with Crippen molar-refractivity contribution in [1.29, 1.82) is 0 Å². The van der Waals surface area contributed by atoms with Crippen LogP contribution in [-0.4, -0.2) is 38.2 Å². The van der Waals surface area contributed by atoms with Crippen LogP contribution in [0.3, 0.4) is 0 Å². The van der Waals surface area contributed by atoms with Crippen LogP contribution in [0.1, 0.15) is 42.6 Å². The van der Waals surface area contributed by atoms with Gasteiger partial charge in [-0.25, -0.2) is 9.59 Å². The third-order valence-electron chi connectivity index (χ3n) is 7.17. The highest BCUT2D eigenvalue weighted by Gasteiger charge is 2.09. The molecule has 0 radical (unpaired) electrons. The lowest BCUT2D eigenvalue weighted by molar-refractivity contribution is -0.137. The Morgan fingerprint density at radius 2 is 1.43 bits per heavy atom. The fourth-order valence-electron chi connectivity index (χ4n) is 4.51. The van der Waals surface area contributed by atoms with Gasteiger partial charge in [0.2, 0.25) is 0 Å². The Morgan fingerprint density at radius 1 is 0.787 bits per heavy atom. The highest BCUT2D eigenvalue weighted by Crippen LogP contribution is 2.27. The van der Waals surface area contributed by atoms with Crippen molar-refractivity contribution in [2.75, 3.05) is 42.1 Å². The third kappa shape index (κ3) is 10.7. The number of hydrogen-bond acceptors (Lipinski definition) is 10. The molecule has 0 heterocycles. The van der Waals surface area contributed by atoms with Crippen molar-refractivity contribution >= 4 is 40.4 Å². The second kappa shape index (κ2) is 17.7. The fraction of sp³-hybridized carbons (Fsp3) is 0.243. The van der Waals surface area contributed by atoms with E-state index in [0.29, 0.717) is 42.4 Å². The quantitative estimate of drug-likeness (QED) is 0.0296. The fourth-order valence-corrected chi connectivity index (χ4v) is 4.51. The predicted octanol–water partition coefficient (Wildman–Crippen LogP) is 8.80. The highest BCUT2D eigenvalue weighted by molar-refractivity contribution is 5.91. The first-order valence-electron chi connectivity index (χ1n) is 15.6. The van der Waals surface area contributed by atoms with Gasteiger partial charge in [-0.1, -0.05) is 6.58 Å². The molecule has 10 nitrogen and oxygen atoms in total. The normalized spacial score (nSPS) is 10.7. The second-order valence-electron chi connectivity index (χ2n) is 10.5. The Kier molecular flexibility index (Phi) is 12.9. The Hall–Kier alpha value is -5.64. The zero-order valence-corrected chi connectivity index (χ0v) is 27.1. The minimum atomic E-state index is -0.481. The number of anilines is 3. The number of hydrazine groups is 1. The van der Waals surface area contributed by atoms with Gasteiger partial charge in [0.25, 0.3) is 0 Å². The molecular formula is C37H41N5O5. The smallest absolute Gasteiger partial charge is 0.343 e. The lowest BCUT2D eigenvalue weighted by Crippen LogP contribution is -2.21.